The van der Waals surface area contributed by atoms with Gasteiger partial charge in [-0.1, -0.05) is 17.3 Å². The van der Waals surface area contributed by atoms with Crippen LogP contribution in [-0.2, 0) is 0 Å². The van der Waals surface area contributed by atoms with Gasteiger partial charge in [-0.15, -0.1) is 0 Å². The molecule has 1 amide bonds. The van der Waals surface area contributed by atoms with Gasteiger partial charge in [-0.3, -0.25) is 4.79 Å². The molecule has 0 radical (unpaired) electrons. The van der Waals surface area contributed by atoms with E-state index in [2.05, 4.69) is 20.4 Å². The van der Waals surface area contributed by atoms with Gasteiger partial charge in [0.2, 0.25) is 0 Å². The number of amides is 1. The van der Waals surface area contributed by atoms with Crippen LogP contribution in [0.4, 0.5) is 5.69 Å². The van der Waals surface area contributed by atoms with Crippen LogP contribution in [0.3, 0.4) is 0 Å². The monoisotopic (exact) mass is 256 g/mol. The molecular formula is C13H12N4O2. The highest BCUT2D eigenvalue weighted by atomic mass is 16.4. The largest absolute Gasteiger partial charge is 0.411 e. The second kappa shape index (κ2) is 5.72. The summed E-state index contributed by atoms with van der Waals surface area (Å²) in [5.41, 5.74) is 2.32. The molecule has 0 bridgehead atoms. The summed E-state index contributed by atoms with van der Waals surface area (Å²) in [6, 6.07) is 6.97. The zero-order chi connectivity index (χ0) is 13.7. The van der Waals surface area contributed by atoms with Crippen molar-refractivity contribution in [1.82, 2.24) is 9.97 Å². The molecule has 0 saturated heterocycles. The Balaban J connectivity index is 2.10. The SMILES string of the molecule is C/C(=N/O)c1ccc(NC(=O)c2cncnc2)cc1. The van der Waals surface area contributed by atoms with Gasteiger partial charge in [-0.2, -0.15) is 0 Å². The first-order valence-electron chi connectivity index (χ1n) is 5.56. The number of benzene rings is 1. The molecule has 1 heterocycles. The van der Waals surface area contributed by atoms with E-state index in [0.717, 1.165) is 5.56 Å². The van der Waals surface area contributed by atoms with Crippen LogP contribution in [0.15, 0.2) is 48.1 Å². The molecule has 1 aromatic heterocycles. The minimum absolute atomic E-state index is 0.277. The van der Waals surface area contributed by atoms with E-state index in [0.29, 0.717) is 17.0 Å². The molecule has 1 aromatic carbocycles. The van der Waals surface area contributed by atoms with Crippen LogP contribution in [0.25, 0.3) is 0 Å². The van der Waals surface area contributed by atoms with Crippen LogP contribution in [0.5, 0.6) is 0 Å². The summed E-state index contributed by atoms with van der Waals surface area (Å²) in [6.45, 7) is 1.69. The molecule has 0 aliphatic heterocycles. The lowest BCUT2D eigenvalue weighted by molar-refractivity contribution is 0.102. The third kappa shape index (κ3) is 3.12. The normalized spacial score (nSPS) is 11.1. The first kappa shape index (κ1) is 12.7. The average molecular weight is 256 g/mol. The molecule has 0 fully saturated rings. The standard InChI is InChI=1S/C13H12N4O2/c1-9(17-19)10-2-4-12(5-3-10)16-13(18)11-6-14-8-15-7-11/h2-8,19H,1H3,(H,16,18)/b17-9-. The maximum Gasteiger partial charge on any atom is 0.258 e. The third-order valence-corrected chi connectivity index (χ3v) is 2.53. The number of aromatic nitrogens is 2. The fourth-order valence-electron chi connectivity index (χ4n) is 1.47. The van der Waals surface area contributed by atoms with Crippen molar-refractivity contribution < 1.29 is 10.0 Å². The van der Waals surface area contributed by atoms with E-state index >= 15 is 0 Å². The first-order valence-corrected chi connectivity index (χ1v) is 5.56. The Bertz CT molecular complexity index is 594. The fourth-order valence-corrected chi connectivity index (χ4v) is 1.47. The van der Waals surface area contributed by atoms with Crippen LogP contribution in [-0.4, -0.2) is 26.8 Å². The molecule has 0 unspecified atom stereocenters. The van der Waals surface area contributed by atoms with E-state index in [-0.39, 0.29) is 5.91 Å². The predicted molar refractivity (Wildman–Crippen MR) is 70.4 cm³/mol. The zero-order valence-corrected chi connectivity index (χ0v) is 10.2. The van der Waals surface area contributed by atoms with Crippen LogP contribution >= 0.6 is 0 Å². The van der Waals surface area contributed by atoms with Crippen LogP contribution < -0.4 is 5.32 Å². The Hall–Kier alpha value is -2.76. The van der Waals surface area contributed by atoms with Gasteiger partial charge in [0.15, 0.2) is 0 Å². The molecule has 2 rings (SSSR count). The maximum absolute atomic E-state index is 11.8. The Morgan fingerprint density at radius 3 is 2.37 bits per heavy atom. The number of nitrogens with zero attached hydrogens (tertiary/aromatic N) is 3. The molecule has 0 spiro atoms. The van der Waals surface area contributed by atoms with E-state index < -0.39 is 0 Å². The number of anilines is 1. The summed E-state index contributed by atoms with van der Waals surface area (Å²) in [5, 5.41) is 14.5. The number of nitrogens with one attached hydrogen (secondary N) is 1. The van der Waals surface area contributed by atoms with Crippen molar-refractivity contribution in [3.63, 3.8) is 0 Å². The summed E-state index contributed by atoms with van der Waals surface area (Å²) in [7, 11) is 0. The third-order valence-electron chi connectivity index (χ3n) is 2.53. The van der Waals surface area contributed by atoms with Crippen molar-refractivity contribution >= 4 is 17.3 Å². The minimum Gasteiger partial charge on any atom is -0.411 e. The van der Waals surface area contributed by atoms with Crippen molar-refractivity contribution in [2.24, 2.45) is 5.16 Å². The van der Waals surface area contributed by atoms with E-state index in [1.54, 1.807) is 31.2 Å². The van der Waals surface area contributed by atoms with Gasteiger partial charge >= 0.3 is 0 Å². The number of carbonyl (C=O) groups is 1. The maximum atomic E-state index is 11.8. The molecule has 6 heteroatoms. The van der Waals surface area contributed by atoms with Crippen molar-refractivity contribution in [2.75, 3.05) is 5.32 Å². The predicted octanol–water partition coefficient (Wildman–Crippen LogP) is 1.93. The lowest BCUT2D eigenvalue weighted by Crippen LogP contribution is -2.12. The van der Waals surface area contributed by atoms with E-state index in [1.165, 1.54) is 18.7 Å². The first-order chi connectivity index (χ1) is 9.20. The highest BCUT2D eigenvalue weighted by Gasteiger charge is 2.06. The summed E-state index contributed by atoms with van der Waals surface area (Å²) < 4.78 is 0. The molecule has 6 nitrogen and oxygen atoms in total. The fraction of sp³-hybridized carbons (Fsp3) is 0.0769. The van der Waals surface area contributed by atoms with E-state index in [4.69, 9.17) is 5.21 Å². The Kier molecular flexibility index (Phi) is 3.82. The molecule has 2 aromatic rings. The molecular weight excluding hydrogens is 244 g/mol. The Labute approximate surface area is 109 Å². The molecule has 0 aliphatic carbocycles. The smallest absolute Gasteiger partial charge is 0.258 e. The van der Waals surface area contributed by atoms with Gasteiger partial charge in [-0.25, -0.2) is 9.97 Å². The van der Waals surface area contributed by atoms with E-state index in [9.17, 15) is 4.79 Å². The average Bonchev–Trinajstić information content (AvgIpc) is 2.48. The second-order valence-corrected chi connectivity index (χ2v) is 3.84. The van der Waals surface area contributed by atoms with Gasteiger partial charge in [0, 0.05) is 18.1 Å². The Morgan fingerprint density at radius 1 is 1.16 bits per heavy atom. The number of carbonyl (C=O) groups excluding carboxylic acids is 1. The van der Waals surface area contributed by atoms with Crippen molar-refractivity contribution in [2.45, 2.75) is 6.92 Å². The number of rotatable bonds is 3. The molecule has 0 saturated carbocycles. The summed E-state index contributed by atoms with van der Waals surface area (Å²) in [5.74, 6) is -0.277. The molecule has 96 valence electrons. The highest BCUT2D eigenvalue weighted by Crippen LogP contribution is 2.11. The van der Waals surface area contributed by atoms with Gasteiger partial charge in [0.05, 0.1) is 11.3 Å². The molecule has 0 aliphatic rings. The topological polar surface area (TPSA) is 87.5 Å². The van der Waals surface area contributed by atoms with Crippen molar-refractivity contribution in [3.8, 4) is 0 Å². The highest BCUT2D eigenvalue weighted by molar-refractivity contribution is 6.04. The van der Waals surface area contributed by atoms with Crippen LogP contribution in [0.1, 0.15) is 22.8 Å². The van der Waals surface area contributed by atoms with Gasteiger partial charge in [0.1, 0.15) is 6.33 Å². The summed E-state index contributed by atoms with van der Waals surface area (Å²) in [4.78, 5) is 19.4. The number of oxime groups is 1. The number of hydrogen-bond donors (Lipinski definition) is 2. The lowest BCUT2D eigenvalue weighted by atomic mass is 10.1. The number of hydrogen-bond acceptors (Lipinski definition) is 5. The Morgan fingerprint density at radius 2 is 1.79 bits per heavy atom. The molecule has 0 atom stereocenters. The second-order valence-electron chi connectivity index (χ2n) is 3.84. The van der Waals surface area contributed by atoms with Gasteiger partial charge < -0.3 is 10.5 Å². The molecule has 2 N–H and O–H groups in total. The molecule has 19 heavy (non-hydrogen) atoms. The van der Waals surface area contributed by atoms with Crippen molar-refractivity contribution in [3.05, 3.63) is 54.1 Å². The van der Waals surface area contributed by atoms with Gasteiger partial charge in [-0.05, 0) is 24.6 Å². The van der Waals surface area contributed by atoms with Crippen molar-refractivity contribution in [1.29, 1.82) is 0 Å². The van der Waals surface area contributed by atoms with Crippen LogP contribution in [0.2, 0.25) is 0 Å². The van der Waals surface area contributed by atoms with Crippen LogP contribution in [0, 0.1) is 0 Å². The summed E-state index contributed by atoms with van der Waals surface area (Å²) >= 11 is 0. The quantitative estimate of drug-likeness (QED) is 0.499. The van der Waals surface area contributed by atoms with E-state index in [1.807, 2.05) is 0 Å². The zero-order valence-electron chi connectivity index (χ0n) is 10.2. The summed E-state index contributed by atoms with van der Waals surface area (Å²) in [6.07, 6.45) is 4.25. The lowest BCUT2D eigenvalue weighted by Gasteiger charge is -2.05. The van der Waals surface area contributed by atoms with Gasteiger partial charge in [0.25, 0.3) is 5.91 Å². The minimum atomic E-state index is -0.277.